The molecular formula is C10H20N2O3. The molecular weight excluding hydrogens is 196 g/mol. The molecule has 5 nitrogen and oxygen atoms in total. The van der Waals surface area contributed by atoms with Crippen LogP contribution in [0.2, 0.25) is 0 Å². The third-order valence-electron chi connectivity index (χ3n) is 2.21. The Balaban J connectivity index is 2.00. The molecule has 0 aromatic carbocycles. The van der Waals surface area contributed by atoms with E-state index in [1.165, 1.54) is 0 Å². The van der Waals surface area contributed by atoms with Gasteiger partial charge < -0.3 is 20.1 Å². The van der Waals surface area contributed by atoms with Gasteiger partial charge in [0, 0.05) is 19.6 Å². The van der Waals surface area contributed by atoms with Gasteiger partial charge in [0.1, 0.15) is 0 Å². The zero-order chi connectivity index (χ0) is 10.9. The minimum absolute atomic E-state index is 0.0671. The van der Waals surface area contributed by atoms with Crippen molar-refractivity contribution in [1.29, 1.82) is 0 Å². The van der Waals surface area contributed by atoms with Crippen LogP contribution in [-0.4, -0.2) is 45.0 Å². The van der Waals surface area contributed by atoms with E-state index in [2.05, 4.69) is 17.6 Å². The van der Waals surface area contributed by atoms with Crippen molar-refractivity contribution < 1.29 is 14.3 Å². The van der Waals surface area contributed by atoms with Crippen LogP contribution in [0.1, 0.15) is 19.8 Å². The van der Waals surface area contributed by atoms with Crippen molar-refractivity contribution in [3.8, 4) is 0 Å². The van der Waals surface area contributed by atoms with Gasteiger partial charge >= 0.3 is 6.09 Å². The molecule has 1 aliphatic rings. The number of carbonyl (C=O) groups excluding carboxylic acids is 1. The van der Waals surface area contributed by atoms with Gasteiger partial charge in [0.25, 0.3) is 0 Å². The van der Waals surface area contributed by atoms with E-state index in [1.54, 1.807) is 0 Å². The summed E-state index contributed by atoms with van der Waals surface area (Å²) in [6.07, 6.45) is 1.66. The fourth-order valence-electron chi connectivity index (χ4n) is 1.31. The highest BCUT2D eigenvalue weighted by atomic mass is 16.5. The van der Waals surface area contributed by atoms with Gasteiger partial charge in [-0.15, -0.1) is 0 Å². The van der Waals surface area contributed by atoms with Gasteiger partial charge in [-0.25, -0.2) is 4.79 Å². The molecule has 1 rings (SSSR count). The van der Waals surface area contributed by atoms with E-state index in [0.29, 0.717) is 19.8 Å². The van der Waals surface area contributed by atoms with Gasteiger partial charge in [-0.2, -0.15) is 0 Å². The highest BCUT2D eigenvalue weighted by Crippen LogP contribution is 1.94. The third-order valence-corrected chi connectivity index (χ3v) is 2.21. The summed E-state index contributed by atoms with van der Waals surface area (Å²) in [4.78, 5) is 11.2. The number of carbonyl (C=O) groups is 1. The van der Waals surface area contributed by atoms with Gasteiger partial charge in [-0.05, 0) is 6.42 Å². The molecule has 1 atom stereocenters. The average Bonchev–Trinajstić information content (AvgIpc) is 2.28. The molecule has 0 aromatic heterocycles. The van der Waals surface area contributed by atoms with Gasteiger partial charge in [0.05, 0.1) is 19.3 Å². The number of morpholine rings is 1. The second-order valence-corrected chi connectivity index (χ2v) is 3.57. The van der Waals surface area contributed by atoms with E-state index in [0.717, 1.165) is 25.9 Å². The predicted molar refractivity (Wildman–Crippen MR) is 56.9 cm³/mol. The molecule has 5 heteroatoms. The molecule has 0 spiro atoms. The van der Waals surface area contributed by atoms with Gasteiger partial charge in [-0.3, -0.25) is 0 Å². The number of rotatable bonds is 5. The van der Waals surface area contributed by atoms with Crippen LogP contribution in [0.5, 0.6) is 0 Å². The van der Waals surface area contributed by atoms with Crippen LogP contribution in [0.25, 0.3) is 0 Å². The fourth-order valence-corrected chi connectivity index (χ4v) is 1.31. The first kappa shape index (κ1) is 12.3. The summed E-state index contributed by atoms with van der Waals surface area (Å²) in [5.41, 5.74) is 0. The van der Waals surface area contributed by atoms with Crippen molar-refractivity contribution in [2.24, 2.45) is 0 Å². The summed E-state index contributed by atoms with van der Waals surface area (Å²) in [6.45, 7) is 5.44. The average molecular weight is 216 g/mol. The third kappa shape index (κ3) is 5.59. The molecule has 0 bridgehead atoms. The van der Waals surface area contributed by atoms with Crippen LogP contribution < -0.4 is 10.6 Å². The Bertz CT molecular complexity index is 182. The van der Waals surface area contributed by atoms with Crippen LogP contribution in [0.4, 0.5) is 4.79 Å². The zero-order valence-electron chi connectivity index (χ0n) is 9.25. The Morgan fingerprint density at radius 3 is 3.20 bits per heavy atom. The predicted octanol–water partition coefficient (Wildman–Crippen LogP) is 0.501. The molecule has 0 aliphatic carbocycles. The molecule has 0 radical (unpaired) electrons. The van der Waals surface area contributed by atoms with Crippen LogP contribution in [0.15, 0.2) is 0 Å². The second kappa shape index (κ2) is 7.48. The SMILES string of the molecule is CCCCOC(=O)NCC1CNCCO1. The van der Waals surface area contributed by atoms with Crippen LogP contribution in [-0.2, 0) is 9.47 Å². The molecule has 1 fully saturated rings. The maximum atomic E-state index is 11.2. The van der Waals surface area contributed by atoms with E-state index in [4.69, 9.17) is 9.47 Å². The van der Waals surface area contributed by atoms with Gasteiger partial charge in [0.15, 0.2) is 0 Å². The molecule has 1 aliphatic heterocycles. The number of alkyl carbamates (subject to hydrolysis) is 1. The molecule has 88 valence electrons. The van der Waals surface area contributed by atoms with Crippen LogP contribution in [0.3, 0.4) is 0 Å². The number of hydrogen-bond donors (Lipinski definition) is 2. The van der Waals surface area contributed by atoms with Crippen LogP contribution in [0, 0.1) is 0 Å². The molecule has 2 N–H and O–H groups in total. The van der Waals surface area contributed by atoms with Crippen molar-refractivity contribution in [2.45, 2.75) is 25.9 Å². The largest absolute Gasteiger partial charge is 0.450 e. The number of amides is 1. The Kier molecular flexibility index (Phi) is 6.11. The van der Waals surface area contributed by atoms with Gasteiger partial charge in [-0.1, -0.05) is 13.3 Å². The molecule has 1 unspecified atom stereocenters. The van der Waals surface area contributed by atoms with E-state index in [9.17, 15) is 4.79 Å². The van der Waals surface area contributed by atoms with E-state index < -0.39 is 0 Å². The minimum atomic E-state index is -0.349. The lowest BCUT2D eigenvalue weighted by molar-refractivity contribution is 0.0283. The monoisotopic (exact) mass is 216 g/mol. The molecule has 1 saturated heterocycles. The molecule has 0 aromatic rings. The Labute approximate surface area is 90.5 Å². The first-order chi connectivity index (χ1) is 7.33. The maximum Gasteiger partial charge on any atom is 0.407 e. The molecule has 0 saturated carbocycles. The lowest BCUT2D eigenvalue weighted by Gasteiger charge is -2.23. The quantitative estimate of drug-likeness (QED) is 0.657. The maximum absolute atomic E-state index is 11.2. The van der Waals surface area contributed by atoms with E-state index >= 15 is 0 Å². The van der Waals surface area contributed by atoms with Gasteiger partial charge in [0.2, 0.25) is 0 Å². The van der Waals surface area contributed by atoms with E-state index in [1.807, 2.05) is 0 Å². The first-order valence-corrected chi connectivity index (χ1v) is 5.56. The summed E-state index contributed by atoms with van der Waals surface area (Å²) in [7, 11) is 0. The highest BCUT2D eigenvalue weighted by Gasteiger charge is 2.14. The van der Waals surface area contributed by atoms with E-state index in [-0.39, 0.29) is 12.2 Å². The summed E-state index contributed by atoms with van der Waals surface area (Å²) in [6, 6.07) is 0. The topological polar surface area (TPSA) is 59.6 Å². The molecule has 1 amide bonds. The van der Waals surface area contributed by atoms with Crippen molar-refractivity contribution in [1.82, 2.24) is 10.6 Å². The first-order valence-electron chi connectivity index (χ1n) is 5.56. The Morgan fingerprint density at radius 1 is 1.67 bits per heavy atom. The second-order valence-electron chi connectivity index (χ2n) is 3.57. The highest BCUT2D eigenvalue weighted by molar-refractivity contribution is 5.67. The number of nitrogens with one attached hydrogen (secondary N) is 2. The van der Waals surface area contributed by atoms with Crippen molar-refractivity contribution >= 4 is 6.09 Å². The molecule has 1 heterocycles. The molecule has 15 heavy (non-hydrogen) atoms. The number of hydrogen-bond acceptors (Lipinski definition) is 4. The normalized spacial score (nSPS) is 21.0. The Morgan fingerprint density at radius 2 is 2.53 bits per heavy atom. The van der Waals surface area contributed by atoms with Crippen molar-refractivity contribution in [3.63, 3.8) is 0 Å². The fraction of sp³-hybridized carbons (Fsp3) is 0.900. The lowest BCUT2D eigenvalue weighted by atomic mass is 10.3. The van der Waals surface area contributed by atoms with Crippen molar-refractivity contribution in [2.75, 3.05) is 32.8 Å². The lowest BCUT2D eigenvalue weighted by Crippen LogP contribution is -2.45. The number of ether oxygens (including phenoxy) is 2. The Hall–Kier alpha value is -0.810. The van der Waals surface area contributed by atoms with Crippen LogP contribution >= 0.6 is 0 Å². The zero-order valence-corrected chi connectivity index (χ0v) is 9.25. The summed E-state index contributed by atoms with van der Waals surface area (Å²) >= 11 is 0. The number of unbranched alkanes of at least 4 members (excludes halogenated alkanes) is 1. The minimum Gasteiger partial charge on any atom is -0.450 e. The van der Waals surface area contributed by atoms with Crippen molar-refractivity contribution in [3.05, 3.63) is 0 Å². The smallest absolute Gasteiger partial charge is 0.407 e. The summed E-state index contributed by atoms with van der Waals surface area (Å²) in [5, 5.41) is 5.88. The standard InChI is InChI=1S/C10H20N2O3/c1-2-3-5-15-10(13)12-8-9-7-11-4-6-14-9/h9,11H,2-8H2,1H3,(H,12,13). The summed E-state index contributed by atoms with van der Waals surface area (Å²) < 4.78 is 10.4. The summed E-state index contributed by atoms with van der Waals surface area (Å²) in [5.74, 6) is 0.